The van der Waals surface area contributed by atoms with Crippen molar-refractivity contribution in [2.75, 3.05) is 0 Å². The summed E-state index contributed by atoms with van der Waals surface area (Å²) in [6.07, 6.45) is -5.51. The van der Waals surface area contributed by atoms with E-state index in [1.165, 1.54) is 0 Å². The molecule has 1 aromatic rings. The van der Waals surface area contributed by atoms with Gasteiger partial charge in [-0.1, -0.05) is 0 Å². The van der Waals surface area contributed by atoms with Crippen LogP contribution in [0.4, 0.5) is 17.6 Å². The van der Waals surface area contributed by atoms with Gasteiger partial charge in [0.2, 0.25) is 0 Å². The summed E-state index contributed by atoms with van der Waals surface area (Å²) >= 11 is 5.39. The molecule has 0 aromatic heterocycles. The van der Waals surface area contributed by atoms with Crippen LogP contribution in [0.15, 0.2) is 18.2 Å². The van der Waals surface area contributed by atoms with E-state index >= 15 is 0 Å². The van der Waals surface area contributed by atoms with Crippen LogP contribution in [0.5, 0.6) is 0 Å². The summed E-state index contributed by atoms with van der Waals surface area (Å²) in [5.74, 6) is -0.0553. The van der Waals surface area contributed by atoms with Crippen molar-refractivity contribution in [3.63, 3.8) is 0 Å². The van der Waals surface area contributed by atoms with Gasteiger partial charge in [0.25, 0.3) is 12.9 Å². The summed E-state index contributed by atoms with van der Waals surface area (Å²) in [5, 5.41) is 0. The molecule has 78 valence electrons. The van der Waals surface area contributed by atoms with E-state index in [0.29, 0.717) is 0 Å². The van der Waals surface area contributed by atoms with Crippen LogP contribution >= 0.6 is 11.6 Å². The number of alkyl halides is 5. The van der Waals surface area contributed by atoms with Gasteiger partial charge in [-0.3, -0.25) is 0 Å². The van der Waals surface area contributed by atoms with E-state index in [-0.39, 0.29) is 11.4 Å². The minimum atomic E-state index is -2.75. The van der Waals surface area contributed by atoms with Crippen LogP contribution in [0.2, 0.25) is 0 Å². The number of halogens is 5. The number of hydrogen-bond donors (Lipinski definition) is 0. The predicted molar refractivity (Wildman–Crippen MR) is 45.9 cm³/mol. The fourth-order valence-corrected chi connectivity index (χ4v) is 1.23. The lowest BCUT2D eigenvalue weighted by atomic mass is 10.1. The zero-order valence-corrected chi connectivity index (χ0v) is 7.74. The molecule has 0 radical (unpaired) electrons. The molecule has 0 unspecified atom stereocenters. The van der Waals surface area contributed by atoms with Gasteiger partial charge in [0.05, 0.1) is 0 Å². The molecule has 0 amide bonds. The van der Waals surface area contributed by atoms with Crippen LogP contribution in [0.25, 0.3) is 0 Å². The van der Waals surface area contributed by atoms with Crippen molar-refractivity contribution in [1.82, 2.24) is 0 Å². The maximum atomic E-state index is 12.2. The van der Waals surface area contributed by atoms with Crippen LogP contribution in [0.3, 0.4) is 0 Å². The predicted octanol–water partition coefficient (Wildman–Crippen LogP) is 4.30. The molecule has 0 aliphatic heterocycles. The summed E-state index contributed by atoms with van der Waals surface area (Å²) in [5.41, 5.74) is -0.559. The van der Waals surface area contributed by atoms with Crippen molar-refractivity contribution in [2.45, 2.75) is 18.7 Å². The normalized spacial score (nSPS) is 11.4. The van der Waals surface area contributed by atoms with E-state index in [2.05, 4.69) is 0 Å². The number of benzene rings is 1. The molecule has 1 aromatic carbocycles. The third kappa shape index (κ3) is 2.61. The minimum Gasteiger partial charge on any atom is -0.205 e. The van der Waals surface area contributed by atoms with Gasteiger partial charge in [-0.05, 0) is 23.8 Å². The molecule has 1 rings (SSSR count). The average molecular weight is 227 g/mol. The molecule has 0 aliphatic rings. The molecule has 0 bridgehead atoms. The molecular weight excluding hydrogens is 220 g/mol. The van der Waals surface area contributed by atoms with Crippen LogP contribution in [-0.4, -0.2) is 0 Å². The maximum absolute atomic E-state index is 12.2. The second-order valence-electron chi connectivity index (χ2n) is 2.74. The van der Waals surface area contributed by atoms with E-state index in [1.807, 2.05) is 0 Å². The van der Waals surface area contributed by atoms with E-state index in [9.17, 15) is 17.6 Å². The van der Waals surface area contributed by atoms with E-state index in [1.54, 1.807) is 0 Å². The molecule has 0 heterocycles. The van der Waals surface area contributed by atoms with Crippen molar-refractivity contribution in [2.24, 2.45) is 0 Å². The molecule has 14 heavy (non-hydrogen) atoms. The Kier molecular flexibility index (Phi) is 3.75. The highest BCUT2D eigenvalue weighted by molar-refractivity contribution is 6.17. The SMILES string of the molecule is FC(F)c1cc(CCl)cc(C(F)F)c1. The Labute approximate surface area is 83.5 Å². The zero-order valence-electron chi connectivity index (χ0n) is 6.98. The molecule has 0 saturated carbocycles. The largest absolute Gasteiger partial charge is 0.263 e. The van der Waals surface area contributed by atoms with E-state index < -0.39 is 24.0 Å². The van der Waals surface area contributed by atoms with Gasteiger partial charge in [0.15, 0.2) is 0 Å². The van der Waals surface area contributed by atoms with Crippen molar-refractivity contribution in [3.05, 3.63) is 34.9 Å². The average Bonchev–Trinajstić information content (AvgIpc) is 2.16. The van der Waals surface area contributed by atoms with Crippen LogP contribution < -0.4 is 0 Å². The van der Waals surface area contributed by atoms with Crippen LogP contribution in [-0.2, 0) is 5.88 Å². The van der Waals surface area contributed by atoms with Crippen molar-refractivity contribution in [3.8, 4) is 0 Å². The van der Waals surface area contributed by atoms with Crippen molar-refractivity contribution in [1.29, 1.82) is 0 Å². The van der Waals surface area contributed by atoms with E-state index in [4.69, 9.17) is 11.6 Å². The molecule has 0 nitrogen and oxygen atoms in total. The lowest BCUT2D eigenvalue weighted by molar-refractivity contribution is 0.144. The molecule has 0 aliphatic carbocycles. The van der Waals surface area contributed by atoms with Gasteiger partial charge in [-0.2, -0.15) is 0 Å². The Balaban J connectivity index is 3.13. The van der Waals surface area contributed by atoms with Gasteiger partial charge >= 0.3 is 0 Å². The second kappa shape index (κ2) is 4.64. The molecule has 0 spiro atoms. The maximum Gasteiger partial charge on any atom is 0.263 e. The van der Waals surface area contributed by atoms with Gasteiger partial charge in [0, 0.05) is 17.0 Å². The first-order valence-electron chi connectivity index (χ1n) is 3.80. The Morgan fingerprint density at radius 1 is 0.929 bits per heavy atom. The summed E-state index contributed by atoms with van der Waals surface area (Å²) in [6, 6.07) is 3.05. The summed E-state index contributed by atoms with van der Waals surface area (Å²) in [6.45, 7) is 0. The molecule has 0 saturated heterocycles. The highest BCUT2D eigenvalue weighted by Crippen LogP contribution is 2.27. The smallest absolute Gasteiger partial charge is 0.205 e. The quantitative estimate of drug-likeness (QED) is 0.532. The Hall–Kier alpha value is -0.770. The fraction of sp³-hybridized carbons (Fsp3) is 0.333. The third-order valence-electron chi connectivity index (χ3n) is 1.70. The van der Waals surface area contributed by atoms with Crippen LogP contribution in [0, 0.1) is 0 Å². The first-order chi connectivity index (χ1) is 6.54. The minimum absolute atomic E-state index is 0.0553. The molecule has 0 fully saturated rings. The molecule has 0 atom stereocenters. The third-order valence-corrected chi connectivity index (χ3v) is 2.00. The monoisotopic (exact) mass is 226 g/mol. The van der Waals surface area contributed by atoms with E-state index in [0.717, 1.165) is 18.2 Å². The van der Waals surface area contributed by atoms with Gasteiger partial charge < -0.3 is 0 Å². The summed E-state index contributed by atoms with van der Waals surface area (Å²) in [4.78, 5) is 0. The molecule has 0 N–H and O–H groups in total. The number of hydrogen-bond acceptors (Lipinski definition) is 0. The first kappa shape index (κ1) is 11.3. The van der Waals surface area contributed by atoms with Crippen LogP contribution in [0.1, 0.15) is 29.5 Å². The second-order valence-corrected chi connectivity index (χ2v) is 3.01. The van der Waals surface area contributed by atoms with Gasteiger partial charge in [-0.15, -0.1) is 11.6 Å². The van der Waals surface area contributed by atoms with Gasteiger partial charge in [-0.25, -0.2) is 17.6 Å². The van der Waals surface area contributed by atoms with Gasteiger partial charge in [0.1, 0.15) is 0 Å². The Morgan fingerprint density at radius 3 is 1.64 bits per heavy atom. The highest BCUT2D eigenvalue weighted by Gasteiger charge is 2.14. The topological polar surface area (TPSA) is 0 Å². The van der Waals surface area contributed by atoms with Crippen molar-refractivity contribution >= 4 is 11.6 Å². The highest BCUT2D eigenvalue weighted by atomic mass is 35.5. The number of rotatable bonds is 3. The van der Waals surface area contributed by atoms with Crippen molar-refractivity contribution < 1.29 is 17.6 Å². The summed E-state index contributed by atoms with van der Waals surface area (Å²) < 4.78 is 49.0. The fourth-order valence-electron chi connectivity index (χ4n) is 1.07. The standard InChI is InChI=1S/C9H7ClF4/c10-4-5-1-6(8(11)12)3-7(2-5)9(13)14/h1-3,8-9H,4H2. The molecular formula is C9H7ClF4. The lowest BCUT2D eigenvalue weighted by Crippen LogP contribution is -1.93. The first-order valence-corrected chi connectivity index (χ1v) is 4.34. The molecule has 5 heteroatoms. The Bertz CT molecular complexity index is 285. The summed E-state index contributed by atoms with van der Waals surface area (Å²) in [7, 11) is 0. The lowest BCUT2D eigenvalue weighted by Gasteiger charge is -2.06. The Morgan fingerprint density at radius 2 is 1.36 bits per heavy atom. The zero-order chi connectivity index (χ0) is 10.7.